The molecule has 0 atom stereocenters. The van der Waals surface area contributed by atoms with Crippen molar-refractivity contribution in [2.45, 2.75) is 38.9 Å². The number of amides is 3. The molecule has 3 aliphatic heterocycles. The van der Waals surface area contributed by atoms with Crippen LogP contribution < -0.4 is 39.1 Å². The second kappa shape index (κ2) is 21.5. The van der Waals surface area contributed by atoms with Gasteiger partial charge in [-0.15, -0.1) is 0 Å². The molecular formula is C39H52IN15O12. The van der Waals surface area contributed by atoms with E-state index in [2.05, 4.69) is 47.6 Å². The Morgan fingerprint density at radius 1 is 0.507 bits per heavy atom. The van der Waals surface area contributed by atoms with Crippen molar-refractivity contribution >= 4 is 74.4 Å². The first-order valence-electron chi connectivity index (χ1n) is 21.1. The number of fused-ring (bicyclic) bond motifs is 3. The van der Waals surface area contributed by atoms with Crippen molar-refractivity contribution in [2.24, 2.45) is 42.3 Å². The Kier molecular flexibility index (Phi) is 15.9. The fraction of sp³-hybridized carbons (Fsp3) is 0.538. The number of ether oxygens (including phenoxy) is 3. The van der Waals surface area contributed by atoms with Crippen LogP contribution in [-0.4, -0.2) is 141 Å². The van der Waals surface area contributed by atoms with Gasteiger partial charge in [-0.05, 0) is 19.3 Å². The molecule has 28 heteroatoms. The minimum atomic E-state index is -0.403. The van der Waals surface area contributed by atoms with Crippen LogP contribution in [0.25, 0.3) is 33.5 Å². The molecule has 1 N–H and O–H groups in total. The minimum absolute atomic E-state index is 0.246. The highest BCUT2D eigenvalue weighted by atomic mass is 127. The largest absolute Gasteiger partial charge is 0.448 e. The van der Waals surface area contributed by atoms with Crippen LogP contribution in [0.4, 0.5) is 14.4 Å². The zero-order chi connectivity index (χ0) is 48.7. The summed E-state index contributed by atoms with van der Waals surface area (Å²) in [7, 11) is 10.00. The molecule has 0 radical (unpaired) electrons. The Balaban J connectivity index is 0.000000157. The highest BCUT2D eigenvalue weighted by Crippen LogP contribution is 2.08. The van der Waals surface area contributed by atoms with E-state index in [0.717, 1.165) is 10.8 Å². The third kappa shape index (κ3) is 10.5. The van der Waals surface area contributed by atoms with E-state index in [1.807, 2.05) is 0 Å². The van der Waals surface area contributed by atoms with Crippen LogP contribution in [0.1, 0.15) is 19.3 Å². The van der Waals surface area contributed by atoms with Crippen LogP contribution in [0.3, 0.4) is 0 Å². The molecule has 3 fully saturated rings. The number of hydrogen-bond acceptors (Lipinski definition) is 15. The monoisotopic (exact) mass is 1050 g/mol. The number of alkyl carbamates (subject to hydrolysis) is 1. The Morgan fingerprint density at radius 2 is 0.866 bits per heavy atom. The fourth-order valence-corrected chi connectivity index (χ4v) is 7.78. The van der Waals surface area contributed by atoms with Crippen molar-refractivity contribution in [2.75, 3.05) is 57.0 Å². The first-order valence-corrected chi connectivity index (χ1v) is 22.6. The van der Waals surface area contributed by atoms with Gasteiger partial charge in [-0.1, -0.05) is 22.6 Å². The van der Waals surface area contributed by atoms with Crippen molar-refractivity contribution in [3.8, 4) is 0 Å². The summed E-state index contributed by atoms with van der Waals surface area (Å²) in [6.45, 7) is 4.93. The molecule has 0 aliphatic carbocycles. The molecule has 9 rings (SSSR count). The van der Waals surface area contributed by atoms with Gasteiger partial charge in [0.05, 0.1) is 38.6 Å². The van der Waals surface area contributed by atoms with E-state index < -0.39 is 11.4 Å². The number of nitrogens with zero attached hydrogens (tertiary/aromatic N) is 14. The Morgan fingerprint density at radius 3 is 1.13 bits per heavy atom. The average Bonchev–Trinajstić information content (AvgIpc) is 4.19. The molecule has 0 unspecified atom stereocenters. The highest BCUT2D eigenvalue weighted by Gasteiger charge is 2.23. The number of aryl methyl sites for hydroxylation is 6. The molecule has 6 aromatic heterocycles. The van der Waals surface area contributed by atoms with Gasteiger partial charge in [0.25, 0.3) is 16.7 Å². The second-order valence-corrected chi connectivity index (χ2v) is 16.6. The van der Waals surface area contributed by atoms with Crippen LogP contribution in [0.15, 0.2) is 47.7 Å². The topological polar surface area (TPSA) is 283 Å². The van der Waals surface area contributed by atoms with Crippen LogP contribution in [0.5, 0.6) is 0 Å². The SMILES string of the molecule is Cn1cnc2c1c(=O)n(CCCI)c(=O)n2C.Cn1cnc2c1c(=O)n(CCCN1CCOC1=O)c(=O)n2C.Cn1cnc2c1c(=O)n(CCCN1CCOC1=O)c(=O)n2C.O=C1NCCO1. The van der Waals surface area contributed by atoms with Crippen molar-refractivity contribution in [3.63, 3.8) is 0 Å². The van der Waals surface area contributed by atoms with Crippen molar-refractivity contribution < 1.29 is 28.6 Å². The smallest absolute Gasteiger partial charge is 0.409 e. The number of nitrogens with one attached hydrogen (secondary N) is 1. The number of halogens is 1. The lowest BCUT2D eigenvalue weighted by molar-refractivity contribution is 0.157. The maximum atomic E-state index is 12.5. The van der Waals surface area contributed by atoms with E-state index in [1.54, 1.807) is 72.1 Å². The molecular weight excluding hydrogens is 997 g/mol. The fourth-order valence-electron chi connectivity index (χ4n) is 7.44. The summed E-state index contributed by atoms with van der Waals surface area (Å²) >= 11 is 2.23. The number of carbonyl (C=O) groups is 3. The van der Waals surface area contributed by atoms with Gasteiger partial charge in [0.15, 0.2) is 33.5 Å². The molecule has 6 aromatic rings. The number of imidazole rings is 3. The molecule has 3 aliphatic rings. The third-order valence-electron chi connectivity index (χ3n) is 11.0. The number of aromatic nitrogens is 12. The minimum Gasteiger partial charge on any atom is -0.448 e. The molecule has 0 aromatic carbocycles. The van der Waals surface area contributed by atoms with Gasteiger partial charge < -0.3 is 43.0 Å². The zero-order valence-electron chi connectivity index (χ0n) is 37.9. The van der Waals surface area contributed by atoms with E-state index in [1.165, 1.54) is 40.1 Å². The molecule has 27 nitrogen and oxygen atoms in total. The molecule has 362 valence electrons. The summed E-state index contributed by atoms with van der Waals surface area (Å²) in [6, 6.07) is 0. The van der Waals surface area contributed by atoms with E-state index in [4.69, 9.17) is 9.47 Å². The molecule has 3 saturated heterocycles. The summed E-state index contributed by atoms with van der Waals surface area (Å²) in [4.78, 5) is 122. The van der Waals surface area contributed by atoms with Gasteiger partial charge >= 0.3 is 35.3 Å². The van der Waals surface area contributed by atoms with Crippen LogP contribution in [0.2, 0.25) is 0 Å². The van der Waals surface area contributed by atoms with Gasteiger partial charge in [0, 0.05) is 79.4 Å². The summed E-state index contributed by atoms with van der Waals surface area (Å²) in [6.07, 6.45) is 5.40. The first-order chi connectivity index (χ1) is 32.0. The van der Waals surface area contributed by atoms with Crippen LogP contribution in [-0.2, 0) is 76.1 Å². The third-order valence-corrected chi connectivity index (χ3v) is 11.8. The number of cyclic esters (lactones) is 3. The molecule has 0 spiro atoms. The highest BCUT2D eigenvalue weighted by molar-refractivity contribution is 14.1. The molecule has 0 bridgehead atoms. The zero-order valence-corrected chi connectivity index (χ0v) is 40.0. The van der Waals surface area contributed by atoms with Crippen LogP contribution >= 0.6 is 22.6 Å². The van der Waals surface area contributed by atoms with Gasteiger partial charge in [0.2, 0.25) is 0 Å². The summed E-state index contributed by atoms with van der Waals surface area (Å²) < 4.78 is 27.6. The number of alkyl halides is 1. The van der Waals surface area contributed by atoms with Gasteiger partial charge in [-0.25, -0.2) is 43.7 Å². The number of rotatable bonds is 11. The quantitative estimate of drug-likeness (QED) is 0.0882. The van der Waals surface area contributed by atoms with Crippen molar-refractivity contribution in [1.82, 2.24) is 71.2 Å². The number of hydrogen-bond donors (Lipinski definition) is 1. The lowest BCUT2D eigenvalue weighted by Gasteiger charge is -2.13. The number of carbonyl (C=O) groups excluding carboxylic acids is 3. The normalized spacial score (nSPS) is 14.3. The van der Waals surface area contributed by atoms with Crippen molar-refractivity contribution in [1.29, 1.82) is 0 Å². The van der Waals surface area contributed by atoms with E-state index in [9.17, 15) is 43.2 Å². The summed E-state index contributed by atoms with van der Waals surface area (Å²) in [5, 5.41) is 2.46. The molecule has 3 amide bonds. The molecule has 67 heavy (non-hydrogen) atoms. The summed E-state index contributed by atoms with van der Waals surface area (Å²) in [5.74, 6) is 0. The Bertz CT molecular complexity index is 3040. The summed E-state index contributed by atoms with van der Waals surface area (Å²) in [5.41, 5.74) is 0.358. The Labute approximate surface area is 392 Å². The standard InChI is InChI=1S/2C13H17N5O4.C10H13IN4O2.C3H5NO2/c2*1-15-8-14-10-9(15)11(19)18(12(20)16(10)2)5-3-4-17-6-7-22-13(17)21;1-13-6-12-8-7(13)9(16)15(5-3-4-11)10(17)14(8)2;5-3-4-1-2-6-3/h2*8H,3-7H2,1-2H3;6H,3-5H2,1-2H3;1-2H2,(H,4,5). The lowest BCUT2D eigenvalue weighted by Crippen LogP contribution is -2.40. The van der Waals surface area contributed by atoms with Crippen LogP contribution in [0, 0.1) is 0 Å². The lowest BCUT2D eigenvalue weighted by atomic mass is 10.3. The predicted molar refractivity (Wildman–Crippen MR) is 249 cm³/mol. The van der Waals surface area contributed by atoms with Gasteiger partial charge in [-0.3, -0.25) is 41.8 Å². The van der Waals surface area contributed by atoms with E-state index in [0.29, 0.717) is 105 Å². The maximum Gasteiger partial charge on any atom is 0.409 e. The maximum absolute atomic E-state index is 12.5. The molecule has 0 saturated carbocycles. The predicted octanol–water partition coefficient (Wildman–Crippen LogP) is -1.46. The first kappa shape index (κ1) is 49.4. The second-order valence-electron chi connectivity index (χ2n) is 15.5. The van der Waals surface area contributed by atoms with Gasteiger partial charge in [0.1, 0.15) is 19.8 Å². The van der Waals surface area contributed by atoms with E-state index >= 15 is 0 Å². The Hall–Kier alpha value is -7.01. The van der Waals surface area contributed by atoms with E-state index in [-0.39, 0.29) is 53.7 Å². The molecule has 9 heterocycles. The average molecular weight is 1050 g/mol. The van der Waals surface area contributed by atoms with Crippen molar-refractivity contribution in [3.05, 3.63) is 81.5 Å². The van der Waals surface area contributed by atoms with Gasteiger partial charge in [-0.2, -0.15) is 0 Å².